The quantitative estimate of drug-likeness (QED) is 0.225. The number of ether oxygens (including phenoxy) is 4. The topological polar surface area (TPSA) is 117 Å². The summed E-state index contributed by atoms with van der Waals surface area (Å²) in [5.74, 6) is -0.187. The molecule has 0 radical (unpaired) electrons. The van der Waals surface area contributed by atoms with E-state index in [2.05, 4.69) is 11.9 Å². The molecule has 0 saturated heterocycles. The number of carbonyl (C=O) groups excluding carboxylic acids is 4. The lowest BCUT2D eigenvalue weighted by atomic mass is 9.98. The van der Waals surface area contributed by atoms with Gasteiger partial charge in [-0.2, -0.15) is 0 Å². The first-order valence-electron chi connectivity index (χ1n) is 11.6. The molecule has 184 valence electrons. The van der Waals surface area contributed by atoms with E-state index >= 15 is 0 Å². The van der Waals surface area contributed by atoms with Gasteiger partial charge in [0.15, 0.2) is 0 Å². The van der Waals surface area contributed by atoms with Crippen LogP contribution >= 0.6 is 0 Å². The Hall–Kier alpha value is -3.36. The highest BCUT2D eigenvalue weighted by atomic mass is 16.6. The Kier molecular flexibility index (Phi) is 9.07. The van der Waals surface area contributed by atoms with Gasteiger partial charge in [0.2, 0.25) is 0 Å². The van der Waals surface area contributed by atoms with Gasteiger partial charge >= 0.3 is 24.0 Å². The minimum absolute atomic E-state index is 0.0139. The van der Waals surface area contributed by atoms with Crippen LogP contribution in [0.4, 0.5) is 4.79 Å². The van der Waals surface area contributed by atoms with Crippen molar-refractivity contribution in [3.8, 4) is 0 Å². The molecule has 2 aliphatic carbocycles. The standard InChI is InChI=1S/C25H31NO8/c1-3-22(27)31-12-13-32-23(28)19-6-4-5-7-20(19)24(29)33-15-16(2)34-25(30)26-14-21-17-8-9-18(21)11-10-17/h3-7,16-18,21H,1,8-15H2,2H3,(H,26,30). The molecule has 0 heterocycles. The maximum Gasteiger partial charge on any atom is 0.407 e. The van der Waals surface area contributed by atoms with Gasteiger partial charge in [-0.3, -0.25) is 0 Å². The molecule has 2 bridgehead atoms. The molecule has 9 heteroatoms. The Morgan fingerprint density at radius 1 is 0.971 bits per heavy atom. The number of nitrogens with one attached hydrogen (secondary N) is 1. The molecule has 1 N–H and O–H groups in total. The summed E-state index contributed by atoms with van der Waals surface area (Å²) in [5, 5.41) is 2.84. The summed E-state index contributed by atoms with van der Waals surface area (Å²) in [6.07, 6.45) is 4.79. The predicted octanol–water partition coefficient (Wildman–Crippen LogP) is 3.28. The average Bonchev–Trinajstić information content (AvgIpc) is 3.43. The smallest absolute Gasteiger partial charge is 0.407 e. The lowest BCUT2D eigenvalue weighted by molar-refractivity contribution is -0.138. The first-order chi connectivity index (χ1) is 16.4. The van der Waals surface area contributed by atoms with Crippen molar-refractivity contribution in [2.24, 2.45) is 17.8 Å². The lowest BCUT2D eigenvalue weighted by Gasteiger charge is -2.18. The van der Waals surface area contributed by atoms with Crippen molar-refractivity contribution in [3.05, 3.63) is 48.0 Å². The third kappa shape index (κ3) is 6.82. The zero-order chi connectivity index (χ0) is 24.5. The second-order valence-corrected chi connectivity index (χ2v) is 8.59. The number of hydrogen-bond donors (Lipinski definition) is 1. The molecular formula is C25H31NO8. The molecule has 1 aromatic carbocycles. The Bertz CT molecular complexity index is 894. The number of hydrogen-bond acceptors (Lipinski definition) is 8. The molecule has 1 amide bonds. The second-order valence-electron chi connectivity index (χ2n) is 8.59. The fraction of sp³-hybridized carbons (Fsp3) is 0.520. The van der Waals surface area contributed by atoms with Crippen LogP contribution in [0.15, 0.2) is 36.9 Å². The zero-order valence-corrected chi connectivity index (χ0v) is 19.3. The monoisotopic (exact) mass is 473 g/mol. The van der Waals surface area contributed by atoms with Gasteiger partial charge in [0, 0.05) is 12.6 Å². The molecule has 1 atom stereocenters. The summed E-state index contributed by atoms with van der Waals surface area (Å²) in [4.78, 5) is 48.0. The van der Waals surface area contributed by atoms with Gasteiger partial charge in [0.05, 0.1) is 11.1 Å². The van der Waals surface area contributed by atoms with Gasteiger partial charge in [0.25, 0.3) is 0 Å². The molecule has 9 nitrogen and oxygen atoms in total. The van der Waals surface area contributed by atoms with E-state index in [0.717, 1.165) is 6.08 Å². The van der Waals surface area contributed by atoms with E-state index in [4.69, 9.17) is 18.9 Å². The van der Waals surface area contributed by atoms with Crippen molar-refractivity contribution < 1.29 is 38.1 Å². The molecule has 0 aliphatic heterocycles. The highest BCUT2D eigenvalue weighted by Gasteiger charge is 2.41. The molecular weight excluding hydrogens is 442 g/mol. The van der Waals surface area contributed by atoms with Gasteiger partial charge in [-0.1, -0.05) is 18.7 Å². The van der Waals surface area contributed by atoms with E-state index < -0.39 is 30.1 Å². The van der Waals surface area contributed by atoms with Crippen molar-refractivity contribution in [1.29, 1.82) is 0 Å². The zero-order valence-electron chi connectivity index (χ0n) is 19.3. The van der Waals surface area contributed by atoms with Crippen LogP contribution in [0.25, 0.3) is 0 Å². The molecule has 3 rings (SSSR count). The maximum atomic E-state index is 12.5. The second kappa shape index (κ2) is 12.2. The van der Waals surface area contributed by atoms with Gasteiger partial charge in [-0.25, -0.2) is 19.2 Å². The van der Waals surface area contributed by atoms with E-state index in [-0.39, 0.29) is 30.9 Å². The van der Waals surface area contributed by atoms with Crippen molar-refractivity contribution in [1.82, 2.24) is 5.32 Å². The molecule has 2 fully saturated rings. The predicted molar refractivity (Wildman–Crippen MR) is 121 cm³/mol. The lowest BCUT2D eigenvalue weighted by Crippen LogP contribution is -2.34. The Morgan fingerprint density at radius 3 is 2.12 bits per heavy atom. The summed E-state index contributed by atoms with van der Waals surface area (Å²) < 4.78 is 20.3. The highest BCUT2D eigenvalue weighted by Crippen LogP contribution is 2.48. The van der Waals surface area contributed by atoms with Crippen molar-refractivity contribution >= 4 is 24.0 Å². The van der Waals surface area contributed by atoms with Crippen LogP contribution in [0.1, 0.15) is 53.3 Å². The van der Waals surface area contributed by atoms with Gasteiger partial charge in [0.1, 0.15) is 25.9 Å². The van der Waals surface area contributed by atoms with Crippen molar-refractivity contribution in [2.75, 3.05) is 26.4 Å². The summed E-state index contributed by atoms with van der Waals surface area (Å²) >= 11 is 0. The minimum Gasteiger partial charge on any atom is -0.459 e. The minimum atomic E-state index is -0.758. The fourth-order valence-corrected chi connectivity index (χ4v) is 4.70. The van der Waals surface area contributed by atoms with Crippen LogP contribution in [-0.2, 0) is 23.7 Å². The Balaban J connectivity index is 1.41. The number of carbonyl (C=O) groups is 4. The fourth-order valence-electron chi connectivity index (χ4n) is 4.70. The molecule has 34 heavy (non-hydrogen) atoms. The van der Waals surface area contributed by atoms with Crippen LogP contribution in [0, 0.1) is 17.8 Å². The molecule has 1 aromatic rings. The van der Waals surface area contributed by atoms with Gasteiger partial charge < -0.3 is 24.3 Å². The summed E-state index contributed by atoms with van der Waals surface area (Å²) in [6.45, 7) is 5.02. The number of fused-ring (bicyclic) bond motifs is 2. The molecule has 0 aromatic heterocycles. The molecule has 1 unspecified atom stereocenters. The Morgan fingerprint density at radius 2 is 1.53 bits per heavy atom. The van der Waals surface area contributed by atoms with Crippen LogP contribution in [0.5, 0.6) is 0 Å². The van der Waals surface area contributed by atoms with Gasteiger partial charge in [-0.05, 0) is 62.5 Å². The van der Waals surface area contributed by atoms with E-state index in [1.54, 1.807) is 19.1 Å². The van der Waals surface area contributed by atoms with Crippen LogP contribution < -0.4 is 5.32 Å². The largest absolute Gasteiger partial charge is 0.459 e. The van der Waals surface area contributed by atoms with E-state index in [1.165, 1.54) is 37.8 Å². The number of alkyl carbamates (subject to hydrolysis) is 1. The number of esters is 3. The van der Waals surface area contributed by atoms with Crippen LogP contribution in [0.2, 0.25) is 0 Å². The van der Waals surface area contributed by atoms with Gasteiger partial charge in [-0.15, -0.1) is 0 Å². The summed E-state index contributed by atoms with van der Waals surface area (Å²) in [7, 11) is 0. The number of rotatable bonds is 11. The normalized spacial score (nSPS) is 21.3. The molecule has 0 spiro atoms. The first-order valence-corrected chi connectivity index (χ1v) is 11.6. The molecule has 2 aliphatic rings. The van der Waals surface area contributed by atoms with Crippen LogP contribution in [0.3, 0.4) is 0 Å². The molecule has 2 saturated carbocycles. The van der Waals surface area contributed by atoms with Crippen molar-refractivity contribution in [2.45, 2.75) is 38.7 Å². The highest BCUT2D eigenvalue weighted by molar-refractivity contribution is 6.03. The number of benzene rings is 1. The average molecular weight is 474 g/mol. The maximum absolute atomic E-state index is 12.5. The first kappa shape index (κ1) is 25.3. The number of amides is 1. The third-order valence-electron chi connectivity index (χ3n) is 6.36. The van der Waals surface area contributed by atoms with Crippen molar-refractivity contribution in [3.63, 3.8) is 0 Å². The van der Waals surface area contributed by atoms with E-state index in [0.29, 0.717) is 24.3 Å². The van der Waals surface area contributed by atoms with Crippen LogP contribution in [-0.4, -0.2) is 56.5 Å². The SMILES string of the molecule is C=CC(=O)OCCOC(=O)c1ccccc1C(=O)OCC(C)OC(=O)NCC1C2CCC1CC2. The summed E-state index contributed by atoms with van der Waals surface area (Å²) in [6, 6.07) is 6.03. The van der Waals surface area contributed by atoms with E-state index in [9.17, 15) is 19.2 Å². The van der Waals surface area contributed by atoms with E-state index in [1.807, 2.05) is 0 Å². The third-order valence-corrected chi connectivity index (χ3v) is 6.36. The summed E-state index contributed by atoms with van der Waals surface area (Å²) in [5.41, 5.74) is 0.0315. The Labute approximate surface area is 198 Å².